The molecule has 2 aliphatic rings. The van der Waals surface area contributed by atoms with Crippen LogP contribution >= 0.6 is 0 Å². The Morgan fingerprint density at radius 1 is 1.11 bits per heavy atom. The third-order valence-electron chi connectivity index (χ3n) is 7.46. The Morgan fingerprint density at radius 2 is 2.00 bits per heavy atom. The predicted molar refractivity (Wildman–Crippen MR) is 140 cm³/mol. The van der Waals surface area contributed by atoms with Crippen molar-refractivity contribution in [3.8, 4) is 11.8 Å². The second-order valence-electron chi connectivity index (χ2n) is 10.1. The molecule has 1 saturated heterocycles. The maximum Gasteiger partial charge on any atom is 0.415 e. The second-order valence-corrected chi connectivity index (χ2v) is 10.1. The van der Waals surface area contributed by atoms with Gasteiger partial charge in [-0.05, 0) is 67.5 Å². The summed E-state index contributed by atoms with van der Waals surface area (Å²) in [5, 5.41) is 9.29. The number of nitrogens with zero attached hydrogens (tertiary/aromatic N) is 4. The normalized spacial score (nSPS) is 21.2. The van der Waals surface area contributed by atoms with Gasteiger partial charge in [-0.25, -0.2) is 9.78 Å². The van der Waals surface area contributed by atoms with Gasteiger partial charge in [-0.1, -0.05) is 36.4 Å². The molecule has 1 spiro atoms. The van der Waals surface area contributed by atoms with Crippen LogP contribution in [0.1, 0.15) is 36.8 Å². The summed E-state index contributed by atoms with van der Waals surface area (Å²) in [6, 6.07) is 25.5. The number of hydrogen-bond acceptors (Lipinski definition) is 5. The Bertz CT molecular complexity index is 1480. The summed E-state index contributed by atoms with van der Waals surface area (Å²) in [6.07, 6.45) is 5.28. The van der Waals surface area contributed by atoms with Gasteiger partial charge in [0.25, 0.3) is 0 Å². The van der Waals surface area contributed by atoms with Gasteiger partial charge in [0, 0.05) is 12.6 Å². The standard InChI is InChI=1S/C30H28N4O3/c31-17-23-11-12-27-28(14-23)33(21-32-27)18-24-8-5-13-30(16-24)20-34(29(35)37-30)25-9-4-10-26(15-25)36-19-22-6-2-1-3-7-22/h1-4,6-7,9-12,14-15,21,24H,5,8,13,16,18-20H2/t24-,30-/m0/s1. The molecule has 7 heteroatoms. The molecule has 2 atom stereocenters. The average molecular weight is 493 g/mol. The van der Waals surface area contributed by atoms with Gasteiger partial charge in [0.1, 0.15) is 18.0 Å². The minimum absolute atomic E-state index is 0.299. The molecule has 186 valence electrons. The summed E-state index contributed by atoms with van der Waals surface area (Å²) < 4.78 is 14.2. The van der Waals surface area contributed by atoms with Crippen molar-refractivity contribution in [3.05, 3.63) is 90.3 Å². The number of carbonyl (C=O) groups is 1. The van der Waals surface area contributed by atoms with Crippen LogP contribution in [0.3, 0.4) is 0 Å². The van der Waals surface area contributed by atoms with Gasteiger partial charge in [0.2, 0.25) is 0 Å². The van der Waals surface area contributed by atoms with Gasteiger partial charge < -0.3 is 14.0 Å². The first kappa shape index (κ1) is 23.1. The molecule has 4 aromatic rings. The summed E-state index contributed by atoms with van der Waals surface area (Å²) in [5.74, 6) is 1.07. The lowest BCUT2D eigenvalue weighted by Gasteiger charge is -2.36. The Kier molecular flexibility index (Phi) is 6.01. The SMILES string of the molecule is N#Cc1ccc2ncn(C[C@H]3CCC[C@]4(C3)CN(c3cccc(OCc5ccccc5)c3)C(=O)O4)c2c1. The number of amides is 1. The molecule has 2 heterocycles. The van der Waals surface area contributed by atoms with Gasteiger partial charge in [-0.3, -0.25) is 4.90 Å². The molecular formula is C30H28N4O3. The van der Waals surface area contributed by atoms with Crippen LogP contribution in [0.4, 0.5) is 10.5 Å². The number of anilines is 1. The van der Waals surface area contributed by atoms with Crippen LogP contribution in [0, 0.1) is 17.2 Å². The summed E-state index contributed by atoms with van der Waals surface area (Å²) in [4.78, 5) is 19.3. The van der Waals surface area contributed by atoms with E-state index in [1.807, 2.05) is 73.1 Å². The number of hydrogen-bond donors (Lipinski definition) is 0. The molecule has 0 unspecified atom stereocenters. The Morgan fingerprint density at radius 3 is 2.86 bits per heavy atom. The number of nitriles is 1. The smallest absolute Gasteiger partial charge is 0.415 e. The zero-order chi connectivity index (χ0) is 25.2. The molecule has 1 saturated carbocycles. The lowest BCUT2D eigenvalue weighted by molar-refractivity contribution is 0.00439. The van der Waals surface area contributed by atoms with Crippen molar-refractivity contribution in [1.82, 2.24) is 9.55 Å². The van der Waals surface area contributed by atoms with E-state index in [1.165, 1.54) is 0 Å². The average Bonchev–Trinajstić information content (AvgIpc) is 3.47. The van der Waals surface area contributed by atoms with Crippen molar-refractivity contribution >= 4 is 22.8 Å². The topological polar surface area (TPSA) is 80.4 Å². The van der Waals surface area contributed by atoms with E-state index < -0.39 is 5.60 Å². The summed E-state index contributed by atoms with van der Waals surface area (Å²) in [7, 11) is 0. The van der Waals surface area contributed by atoms with Gasteiger partial charge in [0.15, 0.2) is 0 Å². The van der Waals surface area contributed by atoms with Crippen molar-refractivity contribution in [2.24, 2.45) is 5.92 Å². The van der Waals surface area contributed by atoms with E-state index in [1.54, 1.807) is 11.0 Å². The third kappa shape index (κ3) is 4.75. The van der Waals surface area contributed by atoms with E-state index in [9.17, 15) is 10.1 Å². The minimum atomic E-state index is -0.491. The zero-order valence-electron chi connectivity index (χ0n) is 20.5. The van der Waals surface area contributed by atoms with E-state index in [0.29, 0.717) is 24.6 Å². The molecule has 7 nitrogen and oxygen atoms in total. The maximum atomic E-state index is 13.0. The molecule has 1 aliphatic heterocycles. The van der Waals surface area contributed by atoms with Crippen LogP contribution in [0.25, 0.3) is 11.0 Å². The van der Waals surface area contributed by atoms with Crippen molar-refractivity contribution in [3.63, 3.8) is 0 Å². The predicted octanol–water partition coefficient (Wildman–Crippen LogP) is 6.07. The van der Waals surface area contributed by atoms with E-state index in [-0.39, 0.29) is 6.09 Å². The fraction of sp³-hybridized carbons (Fsp3) is 0.300. The number of rotatable bonds is 6. The van der Waals surface area contributed by atoms with Crippen LogP contribution in [-0.2, 0) is 17.9 Å². The van der Waals surface area contributed by atoms with E-state index >= 15 is 0 Å². The number of imidazole rings is 1. The number of benzene rings is 3. The number of ether oxygens (including phenoxy) is 2. The van der Waals surface area contributed by atoms with Crippen molar-refractivity contribution < 1.29 is 14.3 Å². The van der Waals surface area contributed by atoms with Crippen molar-refractivity contribution in [1.29, 1.82) is 5.26 Å². The highest BCUT2D eigenvalue weighted by atomic mass is 16.6. The first-order chi connectivity index (χ1) is 18.1. The highest BCUT2D eigenvalue weighted by Gasteiger charge is 2.48. The second kappa shape index (κ2) is 9.62. The number of fused-ring (bicyclic) bond motifs is 1. The first-order valence-corrected chi connectivity index (χ1v) is 12.7. The highest BCUT2D eigenvalue weighted by molar-refractivity contribution is 5.90. The van der Waals surface area contributed by atoms with E-state index in [0.717, 1.165) is 60.3 Å². The summed E-state index contributed by atoms with van der Waals surface area (Å²) in [6.45, 7) is 1.79. The van der Waals surface area contributed by atoms with Gasteiger partial charge in [-0.2, -0.15) is 5.26 Å². The minimum Gasteiger partial charge on any atom is -0.489 e. The van der Waals surface area contributed by atoms with Crippen LogP contribution < -0.4 is 9.64 Å². The third-order valence-corrected chi connectivity index (χ3v) is 7.46. The summed E-state index contributed by atoms with van der Waals surface area (Å²) >= 11 is 0. The van der Waals surface area contributed by atoms with Crippen molar-refractivity contribution in [2.45, 2.75) is 44.4 Å². The van der Waals surface area contributed by atoms with Crippen LogP contribution in [-0.4, -0.2) is 27.8 Å². The molecule has 0 N–H and O–H groups in total. The lowest BCUT2D eigenvalue weighted by atomic mass is 9.78. The van der Waals surface area contributed by atoms with Gasteiger partial charge >= 0.3 is 6.09 Å². The zero-order valence-corrected chi connectivity index (χ0v) is 20.5. The van der Waals surface area contributed by atoms with Crippen LogP contribution in [0.5, 0.6) is 5.75 Å². The number of carbonyl (C=O) groups excluding carboxylic acids is 1. The monoisotopic (exact) mass is 492 g/mol. The Balaban J connectivity index is 1.15. The maximum absolute atomic E-state index is 13.0. The molecule has 1 aromatic heterocycles. The fourth-order valence-corrected chi connectivity index (χ4v) is 5.69. The largest absolute Gasteiger partial charge is 0.489 e. The molecule has 1 aliphatic carbocycles. The molecule has 6 rings (SSSR count). The highest BCUT2D eigenvalue weighted by Crippen LogP contribution is 2.42. The molecule has 1 amide bonds. The number of aromatic nitrogens is 2. The summed E-state index contributed by atoms with van der Waals surface area (Å²) in [5.41, 5.74) is 3.88. The van der Waals surface area contributed by atoms with E-state index in [2.05, 4.69) is 15.6 Å². The molecule has 2 fully saturated rings. The molecule has 0 radical (unpaired) electrons. The molecule has 0 bridgehead atoms. The van der Waals surface area contributed by atoms with E-state index in [4.69, 9.17) is 9.47 Å². The Labute approximate surface area is 215 Å². The lowest BCUT2D eigenvalue weighted by Crippen LogP contribution is -2.40. The Hall–Kier alpha value is -4.31. The molecular weight excluding hydrogens is 464 g/mol. The molecule has 3 aromatic carbocycles. The first-order valence-electron chi connectivity index (χ1n) is 12.7. The molecule has 37 heavy (non-hydrogen) atoms. The van der Waals surface area contributed by atoms with Gasteiger partial charge in [-0.15, -0.1) is 0 Å². The quantitative estimate of drug-likeness (QED) is 0.326. The van der Waals surface area contributed by atoms with Gasteiger partial charge in [0.05, 0.1) is 41.2 Å². The van der Waals surface area contributed by atoms with Crippen LogP contribution in [0.15, 0.2) is 79.1 Å². The van der Waals surface area contributed by atoms with Crippen LogP contribution in [0.2, 0.25) is 0 Å². The fourth-order valence-electron chi connectivity index (χ4n) is 5.69. The van der Waals surface area contributed by atoms with Crippen molar-refractivity contribution in [2.75, 3.05) is 11.4 Å².